The molecule has 0 saturated heterocycles. The van der Waals surface area contributed by atoms with Gasteiger partial charge in [0.05, 0.1) is 11.9 Å². The minimum absolute atomic E-state index is 0.313. The van der Waals surface area contributed by atoms with Crippen molar-refractivity contribution >= 4 is 17.5 Å². The molecule has 0 atom stereocenters. The number of pyridine rings is 2. The third kappa shape index (κ3) is 4.28. The SMILES string of the molecule is CN(C)c1ccc(CNC(=O)Nc2ccc(-n3cncn3)nc2)cn1. The summed E-state index contributed by atoms with van der Waals surface area (Å²) in [5, 5.41) is 9.50. The fourth-order valence-electron chi connectivity index (χ4n) is 2.07. The average molecular weight is 338 g/mol. The third-order valence-corrected chi connectivity index (χ3v) is 3.38. The number of nitrogens with one attached hydrogen (secondary N) is 2. The van der Waals surface area contributed by atoms with Gasteiger partial charge in [-0.15, -0.1) is 0 Å². The third-order valence-electron chi connectivity index (χ3n) is 3.38. The highest BCUT2D eigenvalue weighted by Gasteiger charge is 2.04. The highest BCUT2D eigenvalue weighted by atomic mass is 16.2. The first-order valence-electron chi connectivity index (χ1n) is 7.60. The Morgan fingerprint density at radius 3 is 2.64 bits per heavy atom. The van der Waals surface area contributed by atoms with Gasteiger partial charge in [-0.3, -0.25) is 0 Å². The lowest BCUT2D eigenvalue weighted by Crippen LogP contribution is -2.28. The van der Waals surface area contributed by atoms with E-state index in [4.69, 9.17) is 0 Å². The maximum absolute atomic E-state index is 12.0. The molecule has 9 heteroatoms. The number of carbonyl (C=O) groups is 1. The van der Waals surface area contributed by atoms with Gasteiger partial charge < -0.3 is 15.5 Å². The number of nitrogens with zero attached hydrogens (tertiary/aromatic N) is 6. The number of amides is 2. The normalized spacial score (nSPS) is 10.3. The van der Waals surface area contributed by atoms with E-state index in [0.717, 1.165) is 11.4 Å². The van der Waals surface area contributed by atoms with Crippen LogP contribution in [0.1, 0.15) is 5.56 Å². The van der Waals surface area contributed by atoms with Crippen molar-refractivity contribution in [1.29, 1.82) is 0 Å². The molecule has 0 unspecified atom stereocenters. The van der Waals surface area contributed by atoms with Crippen LogP contribution in [0.15, 0.2) is 49.3 Å². The molecule has 0 aliphatic heterocycles. The maximum atomic E-state index is 12.0. The Morgan fingerprint density at radius 2 is 2.04 bits per heavy atom. The first-order chi connectivity index (χ1) is 12.1. The summed E-state index contributed by atoms with van der Waals surface area (Å²) < 4.78 is 1.54. The lowest BCUT2D eigenvalue weighted by Gasteiger charge is -2.12. The minimum Gasteiger partial charge on any atom is -0.363 e. The zero-order valence-electron chi connectivity index (χ0n) is 13.9. The number of urea groups is 1. The second-order valence-electron chi connectivity index (χ2n) is 5.47. The number of hydrogen-bond donors (Lipinski definition) is 2. The molecule has 0 radical (unpaired) electrons. The van der Waals surface area contributed by atoms with Gasteiger partial charge in [-0.2, -0.15) is 5.10 Å². The van der Waals surface area contributed by atoms with Gasteiger partial charge in [0, 0.05) is 26.8 Å². The summed E-state index contributed by atoms with van der Waals surface area (Å²) in [6, 6.07) is 7.01. The molecule has 128 valence electrons. The van der Waals surface area contributed by atoms with E-state index >= 15 is 0 Å². The molecule has 0 fully saturated rings. The molecule has 3 heterocycles. The predicted octanol–water partition coefficient (Wildman–Crippen LogP) is 1.44. The molecule has 2 N–H and O–H groups in total. The first-order valence-corrected chi connectivity index (χ1v) is 7.60. The molecule has 3 aromatic heterocycles. The summed E-state index contributed by atoms with van der Waals surface area (Å²) in [5.74, 6) is 1.49. The van der Waals surface area contributed by atoms with Gasteiger partial charge in [0.25, 0.3) is 0 Å². The number of aromatic nitrogens is 5. The van der Waals surface area contributed by atoms with Crippen LogP contribution in [-0.4, -0.2) is 44.9 Å². The lowest BCUT2D eigenvalue weighted by atomic mass is 10.3. The quantitative estimate of drug-likeness (QED) is 0.730. The van der Waals surface area contributed by atoms with Crippen LogP contribution in [0, 0.1) is 0 Å². The van der Waals surface area contributed by atoms with Crippen LogP contribution in [0.2, 0.25) is 0 Å². The Morgan fingerprint density at radius 1 is 1.16 bits per heavy atom. The van der Waals surface area contributed by atoms with Gasteiger partial charge in [-0.05, 0) is 23.8 Å². The number of carbonyl (C=O) groups excluding carboxylic acids is 1. The molecule has 3 aromatic rings. The van der Waals surface area contributed by atoms with Gasteiger partial charge in [-0.25, -0.2) is 24.4 Å². The number of rotatable bonds is 5. The summed E-state index contributed by atoms with van der Waals surface area (Å²) >= 11 is 0. The first kappa shape index (κ1) is 16.4. The van der Waals surface area contributed by atoms with E-state index < -0.39 is 0 Å². The van der Waals surface area contributed by atoms with Crippen LogP contribution in [0.5, 0.6) is 0 Å². The van der Waals surface area contributed by atoms with Gasteiger partial charge in [0.1, 0.15) is 18.5 Å². The van der Waals surface area contributed by atoms with E-state index in [0.29, 0.717) is 18.1 Å². The Kier molecular flexibility index (Phi) is 4.84. The minimum atomic E-state index is -0.313. The fourth-order valence-corrected chi connectivity index (χ4v) is 2.07. The van der Waals surface area contributed by atoms with Gasteiger partial charge in [0.15, 0.2) is 5.82 Å². The van der Waals surface area contributed by atoms with Crippen LogP contribution < -0.4 is 15.5 Å². The highest BCUT2D eigenvalue weighted by molar-refractivity contribution is 5.89. The second kappa shape index (κ2) is 7.39. The summed E-state index contributed by atoms with van der Waals surface area (Å²) in [7, 11) is 3.85. The Hall–Kier alpha value is -3.49. The van der Waals surface area contributed by atoms with Gasteiger partial charge >= 0.3 is 6.03 Å². The van der Waals surface area contributed by atoms with Crippen LogP contribution >= 0.6 is 0 Å². The van der Waals surface area contributed by atoms with Crippen molar-refractivity contribution in [3.05, 3.63) is 54.9 Å². The number of hydrogen-bond acceptors (Lipinski definition) is 6. The predicted molar refractivity (Wildman–Crippen MR) is 93.6 cm³/mol. The average Bonchev–Trinajstić information content (AvgIpc) is 3.15. The van der Waals surface area contributed by atoms with Crippen molar-refractivity contribution in [2.75, 3.05) is 24.3 Å². The van der Waals surface area contributed by atoms with E-state index in [2.05, 4.69) is 30.7 Å². The summed E-state index contributed by atoms with van der Waals surface area (Å²) in [6.07, 6.45) is 6.28. The largest absolute Gasteiger partial charge is 0.363 e. The van der Waals surface area contributed by atoms with Crippen molar-refractivity contribution < 1.29 is 4.79 Å². The molecular formula is C16H18N8O. The Balaban J connectivity index is 1.52. The smallest absolute Gasteiger partial charge is 0.319 e. The molecule has 2 amide bonds. The van der Waals surface area contributed by atoms with Crippen LogP contribution in [0.3, 0.4) is 0 Å². The molecule has 0 aromatic carbocycles. The fraction of sp³-hybridized carbons (Fsp3) is 0.188. The zero-order valence-corrected chi connectivity index (χ0v) is 13.9. The van der Waals surface area contributed by atoms with Gasteiger partial charge in [0.2, 0.25) is 0 Å². The highest BCUT2D eigenvalue weighted by Crippen LogP contribution is 2.09. The monoisotopic (exact) mass is 338 g/mol. The maximum Gasteiger partial charge on any atom is 0.319 e. The Bertz CT molecular complexity index is 812. The molecule has 0 aliphatic rings. The van der Waals surface area contributed by atoms with Gasteiger partial charge in [-0.1, -0.05) is 6.07 Å². The van der Waals surface area contributed by atoms with E-state index in [1.165, 1.54) is 11.0 Å². The lowest BCUT2D eigenvalue weighted by molar-refractivity contribution is 0.251. The molecular weight excluding hydrogens is 320 g/mol. The van der Waals surface area contributed by atoms with Crippen molar-refractivity contribution in [1.82, 2.24) is 30.0 Å². The van der Waals surface area contributed by atoms with Crippen molar-refractivity contribution in [2.24, 2.45) is 0 Å². The number of anilines is 2. The Labute approximate surface area is 144 Å². The molecule has 9 nitrogen and oxygen atoms in total. The molecule has 3 rings (SSSR count). The van der Waals surface area contributed by atoms with Crippen LogP contribution in [0.25, 0.3) is 5.82 Å². The summed E-state index contributed by atoms with van der Waals surface area (Å²) in [4.78, 5) is 26.3. The molecule has 0 aliphatic carbocycles. The van der Waals surface area contributed by atoms with E-state index in [1.807, 2.05) is 31.1 Å². The van der Waals surface area contributed by atoms with E-state index in [9.17, 15) is 4.79 Å². The van der Waals surface area contributed by atoms with Crippen molar-refractivity contribution in [3.63, 3.8) is 0 Å². The van der Waals surface area contributed by atoms with Crippen LogP contribution in [-0.2, 0) is 6.54 Å². The topological polar surface area (TPSA) is 101 Å². The molecule has 0 saturated carbocycles. The summed E-state index contributed by atoms with van der Waals surface area (Å²) in [5.41, 5.74) is 1.50. The standard InChI is InChI=1S/C16H18N8O/c1-23(2)14-5-3-12(7-18-14)8-20-16(25)22-13-4-6-15(19-9-13)24-11-17-10-21-24/h3-7,9-11H,8H2,1-2H3,(H2,20,22,25). The molecule has 0 bridgehead atoms. The summed E-state index contributed by atoms with van der Waals surface area (Å²) in [6.45, 7) is 0.386. The van der Waals surface area contributed by atoms with Crippen molar-refractivity contribution in [3.8, 4) is 5.82 Å². The molecule has 0 spiro atoms. The zero-order chi connectivity index (χ0) is 17.6. The van der Waals surface area contributed by atoms with E-state index in [-0.39, 0.29) is 6.03 Å². The second-order valence-corrected chi connectivity index (χ2v) is 5.47. The van der Waals surface area contributed by atoms with Crippen LogP contribution in [0.4, 0.5) is 16.3 Å². The van der Waals surface area contributed by atoms with E-state index in [1.54, 1.807) is 30.9 Å². The molecule has 25 heavy (non-hydrogen) atoms. The van der Waals surface area contributed by atoms with Crippen molar-refractivity contribution in [2.45, 2.75) is 6.54 Å².